The highest BCUT2D eigenvalue weighted by molar-refractivity contribution is 5.94. The lowest BCUT2D eigenvalue weighted by molar-refractivity contribution is -0.318. The van der Waals surface area contributed by atoms with Gasteiger partial charge in [0, 0.05) is 0 Å². The van der Waals surface area contributed by atoms with Gasteiger partial charge in [-0.05, 0) is 0 Å². The summed E-state index contributed by atoms with van der Waals surface area (Å²) in [6, 6.07) is 0. The summed E-state index contributed by atoms with van der Waals surface area (Å²) >= 11 is 0. The van der Waals surface area contributed by atoms with E-state index < -0.39 is 60.7 Å². The summed E-state index contributed by atoms with van der Waals surface area (Å²) in [6.45, 7) is -1.84. The minimum atomic E-state index is -2.00. The van der Waals surface area contributed by atoms with Gasteiger partial charge in [0.1, 0.15) is 24.6 Å². The van der Waals surface area contributed by atoms with Gasteiger partial charge < -0.3 is 50.4 Å². The molecule has 0 saturated carbocycles. The van der Waals surface area contributed by atoms with Crippen LogP contribution in [0.25, 0.3) is 0 Å². The average molecular weight is 371 g/mol. The second kappa shape index (κ2) is 13.5. The van der Waals surface area contributed by atoms with Crippen molar-refractivity contribution in [3.63, 3.8) is 0 Å². The summed E-state index contributed by atoms with van der Waals surface area (Å²) < 4.78 is 4.80. The molecular weight excluding hydrogens is 344 g/mol. The Morgan fingerprint density at radius 2 is 1.68 bits per heavy atom. The summed E-state index contributed by atoms with van der Waals surface area (Å²) in [5, 5.41) is 70.8. The van der Waals surface area contributed by atoms with Crippen molar-refractivity contribution in [1.82, 2.24) is 0 Å². The van der Waals surface area contributed by atoms with Crippen molar-refractivity contribution in [1.29, 1.82) is 0 Å². The smallest absolute Gasteiger partial charge is 0.226 e. The molecule has 0 spiro atoms. The number of aliphatic hydroxyl groups is 7. The van der Waals surface area contributed by atoms with E-state index in [2.05, 4.69) is 0 Å². The maximum absolute atomic E-state index is 10.9. The van der Waals surface area contributed by atoms with Crippen molar-refractivity contribution < 1.29 is 55.2 Å². The van der Waals surface area contributed by atoms with E-state index >= 15 is 0 Å². The number of hydrogen-bond acceptors (Lipinski definition) is 11. The van der Waals surface area contributed by atoms with Crippen LogP contribution in [0.15, 0.2) is 11.5 Å². The Morgan fingerprint density at radius 1 is 1.16 bits per heavy atom. The normalized spacial score (nSPS) is 20.7. The van der Waals surface area contributed by atoms with Crippen LogP contribution >= 0.6 is 0 Å². The molecule has 1 aliphatic heterocycles. The van der Waals surface area contributed by atoms with Crippen molar-refractivity contribution in [2.24, 2.45) is 5.92 Å². The minimum Gasteiger partial charge on any atom is -0.547 e. The van der Waals surface area contributed by atoms with Crippen LogP contribution in [-0.4, -0.2) is 92.2 Å². The van der Waals surface area contributed by atoms with Crippen LogP contribution in [0.4, 0.5) is 0 Å². The summed E-state index contributed by atoms with van der Waals surface area (Å²) in [5.74, 6) is -4.94. The second-order valence-electron chi connectivity index (χ2n) is 4.54. The molecule has 1 heterocycles. The Labute approximate surface area is 145 Å². The fourth-order valence-corrected chi connectivity index (χ4v) is 1.42. The van der Waals surface area contributed by atoms with Crippen LogP contribution in [0.1, 0.15) is 14.9 Å². The first kappa shape index (κ1) is 28.1. The Kier molecular flexibility index (Phi) is 15.2. The van der Waals surface area contributed by atoms with Crippen LogP contribution in [0, 0.1) is 5.92 Å². The lowest BCUT2D eigenvalue weighted by Gasteiger charge is -2.18. The molecule has 11 nitrogen and oxygen atoms in total. The lowest BCUT2D eigenvalue weighted by atomic mass is 10.0. The topological polar surface area (TPSA) is 208 Å². The zero-order chi connectivity index (χ0) is 18.2. The molecule has 0 aliphatic carbocycles. The number of ketones is 1. The zero-order valence-corrected chi connectivity index (χ0v) is 11.9. The Bertz CT molecular complexity index is 434. The summed E-state index contributed by atoms with van der Waals surface area (Å²) in [4.78, 5) is 20.6. The Morgan fingerprint density at radius 3 is 2.04 bits per heavy atom. The first-order chi connectivity index (χ1) is 10.7. The summed E-state index contributed by atoms with van der Waals surface area (Å²) in [5.41, 5.74) is 0. The number of aliphatic carboxylic acids is 1. The van der Waals surface area contributed by atoms with Crippen LogP contribution in [0.2, 0.25) is 0 Å². The van der Waals surface area contributed by atoms with Crippen LogP contribution < -0.4 is 5.11 Å². The lowest BCUT2D eigenvalue weighted by Crippen LogP contribution is -2.44. The minimum absolute atomic E-state index is 0. The molecule has 1 aliphatic rings. The quantitative estimate of drug-likeness (QED) is 0.253. The van der Waals surface area contributed by atoms with E-state index in [4.69, 9.17) is 30.3 Å². The van der Waals surface area contributed by atoms with Crippen molar-refractivity contribution in [3.8, 4) is 0 Å². The molecule has 0 bridgehead atoms. The van der Waals surface area contributed by atoms with Crippen molar-refractivity contribution in [2.75, 3.05) is 26.4 Å². The van der Waals surface area contributed by atoms with Gasteiger partial charge in [0.05, 0.1) is 37.8 Å². The number of carbonyl (C=O) groups excluding carboxylic acids is 2. The maximum atomic E-state index is 10.9. The number of Topliss-reactive ketones (excluding diaryl/α,β-unsaturated/α-hetero) is 1. The molecule has 0 amide bonds. The second-order valence-corrected chi connectivity index (χ2v) is 4.54. The Hall–Kier alpha value is -1.76. The van der Waals surface area contributed by atoms with Gasteiger partial charge in [-0.1, -0.05) is 14.9 Å². The summed E-state index contributed by atoms with van der Waals surface area (Å²) in [6.07, 6.45) is -4.92. The highest BCUT2D eigenvalue weighted by Gasteiger charge is 2.31. The van der Waals surface area contributed by atoms with E-state index in [9.17, 15) is 24.9 Å². The molecule has 4 unspecified atom stereocenters. The number of carboxylic acid groups (broad SMARTS) is 1. The molecule has 25 heavy (non-hydrogen) atoms. The molecule has 0 saturated heterocycles. The Balaban J connectivity index is -0.000000390. The van der Waals surface area contributed by atoms with Crippen LogP contribution in [0.3, 0.4) is 0 Å². The number of hydrogen-bond donors (Lipinski definition) is 7. The van der Waals surface area contributed by atoms with E-state index in [-0.39, 0.29) is 28.1 Å². The molecule has 0 fully saturated rings. The summed E-state index contributed by atoms with van der Waals surface area (Å²) in [7, 11) is 0. The largest absolute Gasteiger partial charge is 0.547 e. The third-order valence-electron chi connectivity index (χ3n) is 2.83. The molecule has 4 atom stereocenters. The fraction of sp³-hybridized carbons (Fsp3) is 0.714. The molecule has 150 valence electrons. The number of aliphatic hydroxyl groups excluding tert-OH is 7. The predicted octanol–water partition coefficient (Wildman–Crippen LogP) is -3.39. The number of carboxylic acids is 1. The van der Waals surface area contributed by atoms with Gasteiger partial charge in [-0.15, -0.1) is 0 Å². The average Bonchev–Trinajstić information content (AvgIpc) is 2.66. The zero-order valence-electron chi connectivity index (χ0n) is 11.9. The predicted molar refractivity (Wildman–Crippen MR) is 82.3 cm³/mol. The van der Waals surface area contributed by atoms with Crippen molar-refractivity contribution in [3.05, 3.63) is 11.5 Å². The number of ether oxygens (including phenoxy) is 1. The van der Waals surface area contributed by atoms with Crippen molar-refractivity contribution >= 4 is 11.8 Å². The maximum Gasteiger partial charge on any atom is 0.226 e. The molecule has 11 heteroatoms. The van der Waals surface area contributed by atoms with E-state index in [0.29, 0.717) is 0 Å². The number of carbonyl (C=O) groups is 2. The van der Waals surface area contributed by atoms with Gasteiger partial charge >= 0.3 is 0 Å². The van der Waals surface area contributed by atoms with Gasteiger partial charge in [-0.2, -0.15) is 0 Å². The van der Waals surface area contributed by atoms with E-state index in [1.165, 1.54) is 0 Å². The highest BCUT2D eigenvalue weighted by atomic mass is 16.5. The molecule has 0 aromatic rings. The van der Waals surface area contributed by atoms with E-state index in [1.54, 1.807) is 0 Å². The van der Waals surface area contributed by atoms with Crippen molar-refractivity contribution in [2.45, 2.75) is 33.2 Å². The van der Waals surface area contributed by atoms with E-state index in [1.807, 2.05) is 0 Å². The van der Waals surface area contributed by atoms with Gasteiger partial charge in [0.15, 0.2) is 5.76 Å². The molecular formula is C14H27O11-. The third-order valence-corrected chi connectivity index (χ3v) is 2.83. The molecule has 1 rings (SSSR count). The van der Waals surface area contributed by atoms with Crippen LogP contribution in [0.5, 0.6) is 0 Å². The third kappa shape index (κ3) is 8.77. The SMILES string of the molecule is C.C.O=C([O-])C(O)C(O)CO.O=C1COCC(C(O)CO)C(O)=C1O. The van der Waals surface area contributed by atoms with Gasteiger partial charge in [-0.3, -0.25) is 4.79 Å². The van der Waals surface area contributed by atoms with Gasteiger partial charge in [0.2, 0.25) is 5.78 Å². The highest BCUT2D eigenvalue weighted by Crippen LogP contribution is 2.19. The molecule has 0 aromatic carbocycles. The molecule has 7 N–H and O–H groups in total. The molecule has 0 aromatic heterocycles. The van der Waals surface area contributed by atoms with Gasteiger partial charge in [0.25, 0.3) is 0 Å². The van der Waals surface area contributed by atoms with Crippen LogP contribution in [-0.2, 0) is 14.3 Å². The standard InChI is InChI=1S/C8H12O6.C4H8O5.2CH4/c9-1-5(10)4-2-14-3-6(11)8(13)7(4)12;5-1-2(6)3(7)4(8)9;;/h4-5,9-10,12-13H,1-3H2;2-3,5-7H,1H2,(H,8,9);2*1H4/p-1. The fourth-order valence-electron chi connectivity index (χ4n) is 1.42. The van der Waals surface area contributed by atoms with Gasteiger partial charge in [-0.25, -0.2) is 0 Å². The number of rotatable bonds is 5. The first-order valence-electron chi connectivity index (χ1n) is 6.37. The molecule has 0 radical (unpaired) electrons. The van der Waals surface area contributed by atoms with E-state index in [0.717, 1.165) is 0 Å². The first-order valence-corrected chi connectivity index (χ1v) is 6.37. The monoisotopic (exact) mass is 371 g/mol.